The van der Waals surface area contributed by atoms with Gasteiger partial charge in [0.05, 0.1) is 0 Å². The molecule has 9 heavy (non-hydrogen) atoms. The van der Waals surface area contributed by atoms with E-state index in [9.17, 15) is 0 Å². The lowest BCUT2D eigenvalue weighted by Crippen LogP contribution is -2.24. The molecule has 1 saturated carbocycles. The van der Waals surface area contributed by atoms with Crippen LogP contribution < -0.4 is 0 Å². The lowest BCUT2D eigenvalue weighted by atomic mass is 9.70. The Kier molecular flexibility index (Phi) is 1.14. The van der Waals surface area contributed by atoms with Crippen LogP contribution in [0.4, 0.5) is 0 Å². The van der Waals surface area contributed by atoms with E-state index in [2.05, 4.69) is 19.1 Å². The number of allylic oxidation sites excluding steroid dienone is 2. The molecule has 0 spiro atoms. The summed E-state index contributed by atoms with van der Waals surface area (Å²) in [5.74, 6) is 2.45. The quantitative estimate of drug-likeness (QED) is 0.432. The Hall–Kier alpha value is -0.260. The van der Waals surface area contributed by atoms with Gasteiger partial charge in [-0.25, -0.2) is 0 Å². The van der Waals surface area contributed by atoms with E-state index in [1.54, 1.807) is 0 Å². The zero-order valence-corrected chi connectivity index (χ0v) is 5.72. The topological polar surface area (TPSA) is 0 Å². The van der Waals surface area contributed by atoms with Gasteiger partial charge in [0.25, 0.3) is 0 Å². The van der Waals surface area contributed by atoms with Crippen LogP contribution in [0.25, 0.3) is 0 Å². The van der Waals surface area contributed by atoms with Gasteiger partial charge in [0.1, 0.15) is 0 Å². The highest BCUT2D eigenvalue weighted by atomic mass is 14.3. The second-order valence-electron chi connectivity index (χ2n) is 3.38. The Labute approximate surface area is 57.0 Å². The van der Waals surface area contributed by atoms with Crippen molar-refractivity contribution >= 4 is 0 Å². The first-order valence-corrected chi connectivity index (χ1v) is 3.87. The molecule has 3 atom stereocenters. The zero-order valence-electron chi connectivity index (χ0n) is 5.72. The third-order valence-corrected chi connectivity index (χ3v) is 2.71. The summed E-state index contributed by atoms with van der Waals surface area (Å²) in [7, 11) is 0. The van der Waals surface area contributed by atoms with Crippen LogP contribution in [-0.4, -0.2) is 0 Å². The summed E-state index contributed by atoms with van der Waals surface area (Å²) in [6, 6.07) is 0. The molecule has 3 aliphatic rings. The van der Waals surface area contributed by atoms with E-state index in [1.807, 2.05) is 0 Å². The van der Waals surface area contributed by atoms with E-state index < -0.39 is 0 Å². The monoisotopic (exact) mass is 121 g/mol. The van der Waals surface area contributed by atoms with E-state index in [0.29, 0.717) is 0 Å². The van der Waals surface area contributed by atoms with Gasteiger partial charge in [-0.3, -0.25) is 0 Å². The molecule has 1 fully saturated rings. The molecule has 0 aromatic carbocycles. The van der Waals surface area contributed by atoms with Crippen molar-refractivity contribution in [1.82, 2.24) is 0 Å². The van der Waals surface area contributed by atoms with E-state index in [-0.39, 0.29) is 0 Å². The molecule has 0 N–H and O–H groups in total. The van der Waals surface area contributed by atoms with Gasteiger partial charge in [0.15, 0.2) is 0 Å². The first kappa shape index (κ1) is 5.52. The van der Waals surface area contributed by atoms with E-state index in [1.165, 1.54) is 19.3 Å². The molecule has 0 aromatic rings. The fourth-order valence-corrected chi connectivity index (χ4v) is 2.05. The van der Waals surface area contributed by atoms with Crippen LogP contribution in [0, 0.1) is 24.7 Å². The standard InChI is InChI=1S/C9H13/c1-7-6-8-2-4-9(7)5-3-8/h2,4,7-9H,1,3,5-6H2. The Bertz CT molecular complexity index is 135. The Morgan fingerprint density at radius 1 is 1.22 bits per heavy atom. The average Bonchev–Trinajstić information content (AvgIpc) is 1.90. The number of hydrogen-bond donors (Lipinski definition) is 0. The summed E-state index contributed by atoms with van der Waals surface area (Å²) in [6.07, 6.45) is 8.93. The summed E-state index contributed by atoms with van der Waals surface area (Å²) in [6.45, 7) is 4.13. The molecule has 3 rings (SSSR count). The second kappa shape index (κ2) is 1.86. The molecule has 49 valence electrons. The van der Waals surface area contributed by atoms with Gasteiger partial charge in [-0.15, -0.1) is 0 Å². The summed E-state index contributed by atoms with van der Waals surface area (Å²) >= 11 is 0. The normalized spacial score (nSPS) is 47.9. The molecule has 0 amide bonds. The van der Waals surface area contributed by atoms with Crippen LogP contribution >= 0.6 is 0 Å². The highest BCUT2D eigenvalue weighted by molar-refractivity contribution is 5.06. The third kappa shape index (κ3) is 0.810. The highest BCUT2D eigenvalue weighted by Crippen LogP contribution is 2.39. The van der Waals surface area contributed by atoms with Gasteiger partial charge in [0.2, 0.25) is 0 Å². The highest BCUT2D eigenvalue weighted by Gasteiger charge is 2.28. The van der Waals surface area contributed by atoms with Crippen molar-refractivity contribution in [2.24, 2.45) is 17.8 Å². The third-order valence-electron chi connectivity index (χ3n) is 2.71. The molecule has 0 heterocycles. The number of rotatable bonds is 0. The largest absolute Gasteiger partial charge is 0.0851 e. The smallest absolute Gasteiger partial charge is 0.0205 e. The van der Waals surface area contributed by atoms with Crippen molar-refractivity contribution in [2.45, 2.75) is 19.3 Å². The van der Waals surface area contributed by atoms with Crippen LogP contribution in [-0.2, 0) is 0 Å². The predicted octanol–water partition coefficient (Wildman–Crippen LogP) is 2.42. The molecule has 0 nitrogen and oxygen atoms in total. The van der Waals surface area contributed by atoms with Crippen LogP contribution in [0.2, 0.25) is 0 Å². The van der Waals surface area contributed by atoms with Crippen molar-refractivity contribution in [3.63, 3.8) is 0 Å². The molecule has 0 heteroatoms. The number of hydrogen-bond acceptors (Lipinski definition) is 0. The predicted molar refractivity (Wildman–Crippen MR) is 38.8 cm³/mol. The molecular weight excluding hydrogens is 108 g/mol. The summed E-state index contributed by atoms with van der Waals surface area (Å²) in [5.41, 5.74) is 0. The van der Waals surface area contributed by atoms with Gasteiger partial charge < -0.3 is 0 Å². The van der Waals surface area contributed by atoms with Gasteiger partial charge in [-0.2, -0.15) is 0 Å². The van der Waals surface area contributed by atoms with Crippen LogP contribution in [0.1, 0.15) is 19.3 Å². The Balaban J connectivity index is 2.20. The van der Waals surface area contributed by atoms with E-state index >= 15 is 0 Å². The van der Waals surface area contributed by atoms with Gasteiger partial charge in [-0.1, -0.05) is 12.2 Å². The van der Waals surface area contributed by atoms with Crippen LogP contribution in [0.5, 0.6) is 0 Å². The average molecular weight is 121 g/mol. The molecule has 0 aliphatic heterocycles. The van der Waals surface area contributed by atoms with Crippen LogP contribution in [0.3, 0.4) is 0 Å². The maximum atomic E-state index is 4.13. The maximum absolute atomic E-state index is 4.13. The van der Waals surface area contributed by atoms with Crippen molar-refractivity contribution in [3.05, 3.63) is 19.1 Å². The molecule has 0 aromatic heterocycles. The van der Waals surface area contributed by atoms with Gasteiger partial charge in [0, 0.05) is 0 Å². The van der Waals surface area contributed by atoms with Crippen LogP contribution in [0.15, 0.2) is 12.2 Å². The number of fused-ring (bicyclic) bond motifs is 2. The first-order valence-electron chi connectivity index (χ1n) is 3.87. The van der Waals surface area contributed by atoms with Crippen molar-refractivity contribution < 1.29 is 0 Å². The molecule has 1 radical (unpaired) electrons. The summed E-state index contributed by atoms with van der Waals surface area (Å²) in [5, 5.41) is 0. The Morgan fingerprint density at radius 2 is 2.11 bits per heavy atom. The Morgan fingerprint density at radius 3 is 2.33 bits per heavy atom. The van der Waals surface area contributed by atoms with Crippen molar-refractivity contribution in [3.8, 4) is 0 Å². The minimum Gasteiger partial charge on any atom is -0.0851 e. The van der Waals surface area contributed by atoms with E-state index in [0.717, 1.165) is 17.8 Å². The van der Waals surface area contributed by atoms with Gasteiger partial charge in [-0.05, 0) is 43.9 Å². The fourth-order valence-electron chi connectivity index (χ4n) is 2.05. The minimum absolute atomic E-state index is 0.730. The molecule has 0 saturated heterocycles. The van der Waals surface area contributed by atoms with Gasteiger partial charge >= 0.3 is 0 Å². The molecule has 3 unspecified atom stereocenters. The lowest BCUT2D eigenvalue weighted by molar-refractivity contribution is 0.261. The van der Waals surface area contributed by atoms with E-state index in [4.69, 9.17) is 0 Å². The SMILES string of the molecule is [CH2]C1CC2C=CC1CC2. The minimum atomic E-state index is 0.730. The zero-order chi connectivity index (χ0) is 6.27. The summed E-state index contributed by atoms with van der Waals surface area (Å²) in [4.78, 5) is 0. The molecular formula is C9H13. The second-order valence-corrected chi connectivity index (χ2v) is 3.38. The summed E-state index contributed by atoms with van der Waals surface area (Å²) < 4.78 is 0. The molecule has 2 bridgehead atoms. The van der Waals surface area contributed by atoms with Crippen molar-refractivity contribution in [1.29, 1.82) is 0 Å². The lowest BCUT2D eigenvalue weighted by Gasteiger charge is -2.35. The van der Waals surface area contributed by atoms with Crippen molar-refractivity contribution in [2.75, 3.05) is 0 Å². The molecule has 3 aliphatic carbocycles. The fraction of sp³-hybridized carbons (Fsp3) is 0.667. The maximum Gasteiger partial charge on any atom is -0.0205 e. The first-order chi connectivity index (χ1) is 4.36.